The average molecular weight is 396 g/mol. The first kappa shape index (κ1) is 19.2. The van der Waals surface area contributed by atoms with E-state index in [-0.39, 0.29) is 23.3 Å². The average Bonchev–Trinajstić information content (AvgIpc) is 3.13. The van der Waals surface area contributed by atoms with Crippen molar-refractivity contribution >= 4 is 40.2 Å². The van der Waals surface area contributed by atoms with Crippen LogP contribution in [0.3, 0.4) is 0 Å². The summed E-state index contributed by atoms with van der Waals surface area (Å²) in [6, 6.07) is 5.06. The Labute approximate surface area is 161 Å². The standard InChI is InChI=1S/C18H22ClN3O3S/c1-2-7-20-16(23)11-26-18-21-15-9-12(19)5-6-14(15)17(24)22(18)10-13-4-3-8-25-13/h5-6,9,13H,2-4,7-8,10-11H2,1H3,(H,20,23)/t13-/m0/s1. The fraction of sp³-hybridized carbons (Fsp3) is 0.500. The number of thioether (sulfide) groups is 1. The first-order chi connectivity index (χ1) is 12.6. The summed E-state index contributed by atoms with van der Waals surface area (Å²) in [6.07, 6.45) is 2.81. The first-order valence-electron chi connectivity index (χ1n) is 8.79. The van der Waals surface area contributed by atoms with Crippen LogP contribution in [0.2, 0.25) is 5.02 Å². The van der Waals surface area contributed by atoms with E-state index in [1.54, 1.807) is 22.8 Å². The van der Waals surface area contributed by atoms with Gasteiger partial charge in [-0.3, -0.25) is 14.2 Å². The number of fused-ring (bicyclic) bond motifs is 1. The highest BCUT2D eigenvalue weighted by Gasteiger charge is 2.20. The first-order valence-corrected chi connectivity index (χ1v) is 10.2. The number of hydrogen-bond donors (Lipinski definition) is 1. The minimum atomic E-state index is -0.126. The lowest BCUT2D eigenvalue weighted by Crippen LogP contribution is -2.30. The van der Waals surface area contributed by atoms with Crippen molar-refractivity contribution < 1.29 is 9.53 Å². The predicted molar refractivity (Wildman–Crippen MR) is 104 cm³/mol. The van der Waals surface area contributed by atoms with Gasteiger partial charge in [0.15, 0.2) is 5.16 Å². The van der Waals surface area contributed by atoms with Crippen LogP contribution >= 0.6 is 23.4 Å². The van der Waals surface area contributed by atoms with Gasteiger partial charge in [-0.2, -0.15) is 0 Å². The van der Waals surface area contributed by atoms with E-state index in [1.807, 2.05) is 6.92 Å². The van der Waals surface area contributed by atoms with Gasteiger partial charge in [-0.15, -0.1) is 0 Å². The molecule has 1 saturated heterocycles. The second-order valence-electron chi connectivity index (χ2n) is 6.25. The van der Waals surface area contributed by atoms with E-state index in [0.29, 0.717) is 34.2 Å². The summed E-state index contributed by atoms with van der Waals surface area (Å²) >= 11 is 7.31. The van der Waals surface area contributed by atoms with E-state index in [0.717, 1.165) is 25.9 Å². The van der Waals surface area contributed by atoms with Crippen LogP contribution in [-0.4, -0.2) is 40.5 Å². The van der Waals surface area contributed by atoms with Gasteiger partial charge in [-0.25, -0.2) is 4.98 Å². The van der Waals surface area contributed by atoms with Crippen LogP contribution in [0.1, 0.15) is 26.2 Å². The van der Waals surface area contributed by atoms with E-state index in [1.165, 1.54) is 11.8 Å². The normalized spacial score (nSPS) is 16.9. The molecule has 26 heavy (non-hydrogen) atoms. The Balaban J connectivity index is 1.91. The van der Waals surface area contributed by atoms with Gasteiger partial charge in [0.25, 0.3) is 5.56 Å². The second kappa shape index (κ2) is 8.88. The molecule has 0 bridgehead atoms. The van der Waals surface area contributed by atoms with E-state index in [2.05, 4.69) is 10.3 Å². The van der Waals surface area contributed by atoms with Crippen LogP contribution in [0.15, 0.2) is 28.2 Å². The molecule has 1 aliphatic heterocycles. The number of amides is 1. The van der Waals surface area contributed by atoms with Crippen molar-refractivity contribution in [2.24, 2.45) is 0 Å². The van der Waals surface area contributed by atoms with Crippen LogP contribution in [0.4, 0.5) is 0 Å². The fourth-order valence-corrected chi connectivity index (χ4v) is 3.89. The highest BCUT2D eigenvalue weighted by Crippen LogP contribution is 2.22. The zero-order valence-electron chi connectivity index (χ0n) is 14.7. The van der Waals surface area contributed by atoms with Crippen molar-refractivity contribution in [2.45, 2.75) is 44.0 Å². The number of aromatic nitrogens is 2. The molecule has 1 N–H and O–H groups in total. The van der Waals surface area contributed by atoms with Crippen molar-refractivity contribution in [3.8, 4) is 0 Å². The smallest absolute Gasteiger partial charge is 0.262 e. The highest BCUT2D eigenvalue weighted by molar-refractivity contribution is 7.99. The summed E-state index contributed by atoms with van der Waals surface area (Å²) in [5.41, 5.74) is 0.418. The quantitative estimate of drug-likeness (QED) is 0.576. The Bertz CT molecular complexity index is 849. The minimum Gasteiger partial charge on any atom is -0.376 e. The zero-order valence-corrected chi connectivity index (χ0v) is 16.2. The maximum Gasteiger partial charge on any atom is 0.262 e. The monoisotopic (exact) mass is 395 g/mol. The molecule has 140 valence electrons. The van der Waals surface area contributed by atoms with Gasteiger partial charge in [-0.05, 0) is 37.5 Å². The van der Waals surface area contributed by atoms with Gasteiger partial charge in [0, 0.05) is 18.2 Å². The second-order valence-corrected chi connectivity index (χ2v) is 7.62. The number of carbonyl (C=O) groups is 1. The Morgan fingerprint density at radius 2 is 2.35 bits per heavy atom. The van der Waals surface area contributed by atoms with Crippen molar-refractivity contribution in [3.05, 3.63) is 33.6 Å². The van der Waals surface area contributed by atoms with Gasteiger partial charge in [0.1, 0.15) is 0 Å². The number of benzene rings is 1. The Morgan fingerprint density at radius 3 is 3.08 bits per heavy atom. The lowest BCUT2D eigenvalue weighted by molar-refractivity contribution is -0.118. The maximum absolute atomic E-state index is 13.0. The largest absolute Gasteiger partial charge is 0.376 e. The number of carbonyl (C=O) groups excluding carboxylic acids is 1. The van der Waals surface area contributed by atoms with Crippen molar-refractivity contribution in [1.82, 2.24) is 14.9 Å². The summed E-state index contributed by atoms with van der Waals surface area (Å²) < 4.78 is 7.31. The van der Waals surface area contributed by atoms with E-state index < -0.39 is 0 Å². The Morgan fingerprint density at radius 1 is 1.50 bits per heavy atom. The molecule has 0 aliphatic carbocycles. The minimum absolute atomic E-state index is 0.00696. The van der Waals surface area contributed by atoms with Gasteiger partial charge >= 0.3 is 0 Å². The van der Waals surface area contributed by atoms with Gasteiger partial charge in [-0.1, -0.05) is 30.3 Å². The van der Waals surface area contributed by atoms with Gasteiger partial charge < -0.3 is 10.1 Å². The lowest BCUT2D eigenvalue weighted by atomic mass is 10.2. The number of nitrogens with zero attached hydrogens (tertiary/aromatic N) is 2. The number of halogens is 1. The topological polar surface area (TPSA) is 73.2 Å². The molecule has 0 spiro atoms. The van der Waals surface area contributed by atoms with Gasteiger partial charge in [0.05, 0.1) is 29.3 Å². The third kappa shape index (κ3) is 4.58. The summed E-state index contributed by atoms with van der Waals surface area (Å²) in [5.74, 6) is 0.144. The molecule has 0 unspecified atom stereocenters. The summed E-state index contributed by atoms with van der Waals surface area (Å²) in [6.45, 7) is 3.81. The molecule has 1 aliphatic rings. The summed E-state index contributed by atoms with van der Waals surface area (Å²) in [7, 11) is 0. The molecule has 0 radical (unpaired) electrons. The molecule has 2 aromatic rings. The molecule has 8 heteroatoms. The number of ether oxygens (including phenoxy) is 1. The number of nitrogens with one attached hydrogen (secondary N) is 1. The molecule has 1 amide bonds. The van der Waals surface area contributed by atoms with E-state index >= 15 is 0 Å². The molecule has 0 saturated carbocycles. The van der Waals surface area contributed by atoms with Crippen LogP contribution in [0.5, 0.6) is 0 Å². The van der Waals surface area contributed by atoms with E-state index in [4.69, 9.17) is 16.3 Å². The van der Waals surface area contributed by atoms with Crippen LogP contribution in [0.25, 0.3) is 10.9 Å². The summed E-state index contributed by atoms with van der Waals surface area (Å²) in [5, 5.41) is 4.40. The third-order valence-corrected chi connectivity index (χ3v) is 5.41. The molecule has 1 aromatic heterocycles. The van der Waals surface area contributed by atoms with E-state index in [9.17, 15) is 9.59 Å². The Kier molecular flexibility index (Phi) is 6.56. The molecule has 1 fully saturated rings. The van der Waals surface area contributed by atoms with Crippen LogP contribution < -0.4 is 10.9 Å². The SMILES string of the molecule is CCCNC(=O)CSc1nc2cc(Cl)ccc2c(=O)n1C[C@@H]1CCCO1. The number of rotatable bonds is 7. The number of hydrogen-bond acceptors (Lipinski definition) is 5. The molecular formula is C18H22ClN3O3S. The van der Waals surface area contributed by atoms with Crippen molar-refractivity contribution in [3.63, 3.8) is 0 Å². The van der Waals surface area contributed by atoms with Crippen LogP contribution in [-0.2, 0) is 16.1 Å². The molecular weight excluding hydrogens is 374 g/mol. The Hall–Kier alpha value is -1.57. The lowest BCUT2D eigenvalue weighted by Gasteiger charge is -2.16. The zero-order chi connectivity index (χ0) is 18.5. The molecule has 2 heterocycles. The van der Waals surface area contributed by atoms with Crippen LogP contribution in [0, 0.1) is 0 Å². The fourth-order valence-electron chi connectivity index (χ4n) is 2.88. The highest BCUT2D eigenvalue weighted by atomic mass is 35.5. The molecule has 1 aromatic carbocycles. The van der Waals surface area contributed by atoms with Crippen molar-refractivity contribution in [1.29, 1.82) is 0 Å². The third-order valence-electron chi connectivity index (χ3n) is 4.20. The molecule has 6 nitrogen and oxygen atoms in total. The van der Waals surface area contributed by atoms with Gasteiger partial charge in [0.2, 0.25) is 5.91 Å². The molecule has 1 atom stereocenters. The summed E-state index contributed by atoms with van der Waals surface area (Å²) in [4.78, 5) is 29.5. The van der Waals surface area contributed by atoms with Crippen molar-refractivity contribution in [2.75, 3.05) is 18.9 Å². The predicted octanol–water partition coefficient (Wildman–Crippen LogP) is 2.85. The molecule has 3 rings (SSSR count). The maximum atomic E-state index is 13.0.